The third-order valence-electron chi connectivity index (χ3n) is 2.44. The minimum Gasteiger partial charge on any atom is -0.469 e. The van der Waals surface area contributed by atoms with Crippen molar-refractivity contribution in [3.05, 3.63) is 23.8 Å². The smallest absolute Gasteiger partial charge is 0.307 e. The highest BCUT2D eigenvalue weighted by Crippen LogP contribution is 2.38. The molecule has 0 amide bonds. The van der Waals surface area contributed by atoms with Crippen LogP contribution in [0.3, 0.4) is 0 Å². The van der Waals surface area contributed by atoms with E-state index in [0.717, 1.165) is 5.56 Å². The van der Waals surface area contributed by atoms with E-state index in [1.165, 1.54) is 7.11 Å². The molecule has 1 aliphatic rings. The topological polar surface area (TPSA) is 70.8 Å². The molecular weight excluding hydrogens is 210 g/mol. The van der Waals surface area contributed by atoms with Crippen molar-refractivity contribution in [3.63, 3.8) is 0 Å². The maximum absolute atomic E-state index is 11.1. The van der Waals surface area contributed by atoms with Gasteiger partial charge in [-0.3, -0.25) is 4.79 Å². The number of methoxy groups -OCH3 is 1. The van der Waals surface area contributed by atoms with Crippen LogP contribution in [0.15, 0.2) is 18.2 Å². The molecule has 1 aromatic rings. The van der Waals surface area contributed by atoms with Crippen molar-refractivity contribution in [2.24, 2.45) is 5.73 Å². The first-order valence-electron chi connectivity index (χ1n) is 4.93. The lowest BCUT2D eigenvalue weighted by Crippen LogP contribution is -2.16. The molecule has 1 atom stereocenters. The molecule has 2 rings (SSSR count). The van der Waals surface area contributed by atoms with Crippen molar-refractivity contribution in [1.82, 2.24) is 0 Å². The Hall–Kier alpha value is -1.75. The van der Waals surface area contributed by atoms with Crippen LogP contribution in [0.2, 0.25) is 0 Å². The zero-order valence-electron chi connectivity index (χ0n) is 8.93. The number of fused-ring (bicyclic) bond motifs is 1. The van der Waals surface area contributed by atoms with Crippen LogP contribution in [0.5, 0.6) is 11.5 Å². The van der Waals surface area contributed by atoms with Crippen LogP contribution in [-0.4, -0.2) is 19.9 Å². The molecule has 5 heteroatoms. The lowest BCUT2D eigenvalue weighted by molar-refractivity contribution is -0.141. The van der Waals surface area contributed by atoms with Gasteiger partial charge in [0.25, 0.3) is 0 Å². The van der Waals surface area contributed by atoms with Gasteiger partial charge < -0.3 is 19.9 Å². The average Bonchev–Trinajstić information content (AvgIpc) is 2.76. The van der Waals surface area contributed by atoms with E-state index in [4.69, 9.17) is 15.2 Å². The molecule has 1 aliphatic heterocycles. The van der Waals surface area contributed by atoms with Crippen LogP contribution in [0.1, 0.15) is 18.0 Å². The van der Waals surface area contributed by atoms with Gasteiger partial charge in [-0.25, -0.2) is 0 Å². The number of para-hydroxylation sites is 1. The minimum absolute atomic E-state index is 0.121. The van der Waals surface area contributed by atoms with Gasteiger partial charge in [0.15, 0.2) is 11.5 Å². The number of nitrogens with two attached hydrogens (primary N) is 1. The van der Waals surface area contributed by atoms with Gasteiger partial charge in [-0.05, 0) is 6.07 Å². The number of carbonyl (C=O) groups is 1. The van der Waals surface area contributed by atoms with Crippen LogP contribution < -0.4 is 15.2 Å². The summed E-state index contributed by atoms with van der Waals surface area (Å²) in [6.45, 7) is 0.192. The molecule has 0 spiro atoms. The lowest BCUT2D eigenvalue weighted by Gasteiger charge is -2.12. The second-order valence-electron chi connectivity index (χ2n) is 3.47. The van der Waals surface area contributed by atoms with E-state index in [1.807, 2.05) is 12.1 Å². The predicted molar refractivity (Wildman–Crippen MR) is 56.1 cm³/mol. The molecule has 0 unspecified atom stereocenters. The van der Waals surface area contributed by atoms with E-state index in [1.54, 1.807) is 6.07 Å². The summed E-state index contributed by atoms with van der Waals surface area (Å²) >= 11 is 0. The lowest BCUT2D eigenvalue weighted by atomic mass is 10.0. The Labute approximate surface area is 93.1 Å². The molecule has 0 aromatic heterocycles. The molecule has 0 radical (unpaired) electrons. The molecule has 0 bridgehead atoms. The van der Waals surface area contributed by atoms with Gasteiger partial charge in [-0.2, -0.15) is 0 Å². The number of esters is 1. The summed E-state index contributed by atoms with van der Waals surface area (Å²) in [7, 11) is 1.34. The molecule has 0 saturated heterocycles. The van der Waals surface area contributed by atoms with Crippen molar-refractivity contribution in [2.75, 3.05) is 13.9 Å². The molecule has 5 nitrogen and oxygen atoms in total. The van der Waals surface area contributed by atoms with Gasteiger partial charge in [0.05, 0.1) is 13.5 Å². The Morgan fingerprint density at radius 3 is 3.12 bits per heavy atom. The van der Waals surface area contributed by atoms with E-state index in [2.05, 4.69) is 4.74 Å². The van der Waals surface area contributed by atoms with Gasteiger partial charge in [0.2, 0.25) is 6.79 Å². The Balaban J connectivity index is 2.20. The summed E-state index contributed by atoms with van der Waals surface area (Å²) in [5.41, 5.74) is 6.67. The van der Waals surface area contributed by atoms with E-state index in [-0.39, 0.29) is 19.2 Å². The summed E-state index contributed by atoms with van der Waals surface area (Å²) in [6.07, 6.45) is 0.121. The van der Waals surface area contributed by atoms with Crippen LogP contribution in [0.25, 0.3) is 0 Å². The predicted octanol–water partition coefficient (Wildman–Crippen LogP) is 0.978. The van der Waals surface area contributed by atoms with Crippen molar-refractivity contribution < 1.29 is 19.0 Å². The van der Waals surface area contributed by atoms with Crippen molar-refractivity contribution >= 4 is 5.97 Å². The third kappa shape index (κ3) is 1.94. The maximum atomic E-state index is 11.1. The number of rotatable bonds is 3. The Morgan fingerprint density at radius 2 is 2.38 bits per heavy atom. The second kappa shape index (κ2) is 4.40. The molecule has 1 aromatic carbocycles. The highest BCUT2D eigenvalue weighted by Gasteiger charge is 2.22. The van der Waals surface area contributed by atoms with Crippen LogP contribution in [0, 0.1) is 0 Å². The monoisotopic (exact) mass is 223 g/mol. The molecule has 86 valence electrons. The summed E-state index contributed by atoms with van der Waals surface area (Å²) in [5, 5.41) is 0. The molecule has 0 saturated carbocycles. The molecule has 16 heavy (non-hydrogen) atoms. The first-order valence-corrected chi connectivity index (χ1v) is 4.93. The van der Waals surface area contributed by atoms with E-state index in [9.17, 15) is 4.79 Å². The summed E-state index contributed by atoms with van der Waals surface area (Å²) in [6, 6.07) is 5.00. The zero-order chi connectivity index (χ0) is 11.5. The normalized spacial score (nSPS) is 14.6. The fraction of sp³-hybridized carbons (Fsp3) is 0.364. The second-order valence-corrected chi connectivity index (χ2v) is 3.47. The van der Waals surface area contributed by atoms with Crippen molar-refractivity contribution in [3.8, 4) is 11.5 Å². The number of carbonyl (C=O) groups excluding carboxylic acids is 1. The Morgan fingerprint density at radius 1 is 1.56 bits per heavy atom. The van der Waals surface area contributed by atoms with Gasteiger partial charge in [0.1, 0.15) is 0 Å². The molecule has 2 N–H and O–H groups in total. The number of hydrogen-bond acceptors (Lipinski definition) is 5. The van der Waals surface area contributed by atoms with Gasteiger partial charge >= 0.3 is 5.97 Å². The van der Waals surface area contributed by atoms with Crippen LogP contribution in [0.4, 0.5) is 0 Å². The first kappa shape index (κ1) is 10.8. The van der Waals surface area contributed by atoms with Crippen molar-refractivity contribution in [1.29, 1.82) is 0 Å². The quantitative estimate of drug-likeness (QED) is 0.773. The molecule has 0 fully saturated rings. The number of benzene rings is 1. The fourth-order valence-corrected chi connectivity index (χ4v) is 1.62. The highest BCUT2D eigenvalue weighted by atomic mass is 16.7. The Bertz CT molecular complexity index is 405. The third-order valence-corrected chi connectivity index (χ3v) is 2.44. The summed E-state index contributed by atoms with van der Waals surface area (Å²) < 4.78 is 15.1. The van der Waals surface area contributed by atoms with E-state index < -0.39 is 6.04 Å². The molecule has 1 heterocycles. The summed E-state index contributed by atoms with van der Waals surface area (Å²) in [5.74, 6) is 0.945. The van der Waals surface area contributed by atoms with E-state index in [0.29, 0.717) is 11.5 Å². The standard InChI is InChI=1S/C11H13NO4/c1-14-10(13)5-8(12)7-3-2-4-9-11(7)16-6-15-9/h2-4,8H,5-6,12H2,1H3/t8-/m1/s1. The number of ether oxygens (including phenoxy) is 3. The van der Waals surface area contributed by atoms with E-state index >= 15 is 0 Å². The minimum atomic E-state index is -0.441. The molecular formula is C11H13NO4. The van der Waals surface area contributed by atoms with Crippen molar-refractivity contribution in [2.45, 2.75) is 12.5 Å². The number of hydrogen-bond donors (Lipinski definition) is 1. The summed E-state index contributed by atoms with van der Waals surface area (Å²) in [4.78, 5) is 11.1. The zero-order valence-corrected chi connectivity index (χ0v) is 8.93. The first-order chi connectivity index (χ1) is 7.72. The molecule has 0 aliphatic carbocycles. The maximum Gasteiger partial charge on any atom is 0.307 e. The Kier molecular flexibility index (Phi) is 2.96. The average molecular weight is 223 g/mol. The SMILES string of the molecule is COC(=O)C[C@@H](N)c1cccc2c1OCO2. The fourth-order valence-electron chi connectivity index (χ4n) is 1.62. The van der Waals surface area contributed by atoms with Gasteiger partial charge in [-0.1, -0.05) is 12.1 Å². The van der Waals surface area contributed by atoms with Crippen LogP contribution >= 0.6 is 0 Å². The van der Waals surface area contributed by atoms with Gasteiger partial charge in [0, 0.05) is 11.6 Å². The van der Waals surface area contributed by atoms with Gasteiger partial charge in [-0.15, -0.1) is 0 Å². The van der Waals surface area contributed by atoms with Crippen LogP contribution in [-0.2, 0) is 9.53 Å². The highest BCUT2D eigenvalue weighted by molar-refractivity contribution is 5.70. The largest absolute Gasteiger partial charge is 0.469 e.